The van der Waals surface area contributed by atoms with Crippen LogP contribution in [-0.4, -0.2) is 6.54 Å². The van der Waals surface area contributed by atoms with Gasteiger partial charge in [-0.25, -0.2) is 0 Å². The first-order valence-electron chi connectivity index (χ1n) is 7.15. The highest BCUT2D eigenvalue weighted by Gasteiger charge is 2.27. The molecule has 0 spiro atoms. The minimum absolute atomic E-state index is 0.0750. The maximum absolute atomic E-state index is 6.31. The molecular formula is C18H21NO. The van der Waals surface area contributed by atoms with Gasteiger partial charge >= 0.3 is 0 Å². The van der Waals surface area contributed by atoms with E-state index in [9.17, 15) is 0 Å². The topological polar surface area (TPSA) is 21.3 Å². The van der Waals surface area contributed by atoms with Crippen LogP contribution in [0.3, 0.4) is 0 Å². The minimum Gasteiger partial charge on any atom is -0.481 e. The summed E-state index contributed by atoms with van der Waals surface area (Å²) in [5.74, 6) is 1.00. The van der Waals surface area contributed by atoms with Crippen LogP contribution in [-0.2, 0) is 5.41 Å². The van der Waals surface area contributed by atoms with E-state index < -0.39 is 0 Å². The number of para-hydroxylation sites is 1. The number of fused-ring (bicyclic) bond motifs is 1. The van der Waals surface area contributed by atoms with Crippen molar-refractivity contribution in [3.63, 3.8) is 0 Å². The molecule has 0 saturated carbocycles. The van der Waals surface area contributed by atoms with Crippen molar-refractivity contribution in [1.82, 2.24) is 0 Å². The van der Waals surface area contributed by atoms with Gasteiger partial charge in [0.2, 0.25) is 0 Å². The molecule has 0 saturated heterocycles. The molecule has 2 nitrogen and oxygen atoms in total. The van der Waals surface area contributed by atoms with E-state index in [4.69, 9.17) is 4.74 Å². The van der Waals surface area contributed by atoms with E-state index >= 15 is 0 Å². The SMILES string of the molecule is CC(C)(C)c1cccc2c1OC(c1ccccc1)CN2. The van der Waals surface area contributed by atoms with Crippen molar-refractivity contribution < 1.29 is 4.74 Å². The van der Waals surface area contributed by atoms with Crippen molar-refractivity contribution in [3.05, 3.63) is 59.7 Å². The zero-order valence-corrected chi connectivity index (χ0v) is 12.3. The molecular weight excluding hydrogens is 246 g/mol. The van der Waals surface area contributed by atoms with Crippen LogP contribution in [0.2, 0.25) is 0 Å². The van der Waals surface area contributed by atoms with Crippen molar-refractivity contribution in [3.8, 4) is 5.75 Å². The second-order valence-corrected chi connectivity index (χ2v) is 6.33. The zero-order valence-electron chi connectivity index (χ0n) is 12.3. The van der Waals surface area contributed by atoms with Crippen molar-refractivity contribution >= 4 is 5.69 Å². The highest BCUT2D eigenvalue weighted by molar-refractivity contribution is 5.63. The Hall–Kier alpha value is -1.96. The molecule has 0 fully saturated rings. The van der Waals surface area contributed by atoms with Crippen LogP contribution >= 0.6 is 0 Å². The number of rotatable bonds is 1. The molecule has 104 valence electrons. The largest absolute Gasteiger partial charge is 0.481 e. The van der Waals surface area contributed by atoms with Gasteiger partial charge in [0.05, 0.1) is 12.2 Å². The molecule has 1 aliphatic heterocycles. The van der Waals surface area contributed by atoms with Crippen LogP contribution in [0.25, 0.3) is 0 Å². The number of nitrogens with one attached hydrogen (secondary N) is 1. The lowest BCUT2D eigenvalue weighted by Gasteiger charge is -2.32. The molecule has 2 aromatic rings. The van der Waals surface area contributed by atoms with Gasteiger partial charge in [-0.2, -0.15) is 0 Å². The van der Waals surface area contributed by atoms with E-state index in [-0.39, 0.29) is 11.5 Å². The summed E-state index contributed by atoms with van der Waals surface area (Å²) in [6.07, 6.45) is 0.0761. The summed E-state index contributed by atoms with van der Waals surface area (Å²) >= 11 is 0. The first-order chi connectivity index (χ1) is 9.55. The van der Waals surface area contributed by atoms with Gasteiger partial charge in [0, 0.05) is 5.56 Å². The summed E-state index contributed by atoms with van der Waals surface area (Å²) in [5.41, 5.74) is 3.65. The van der Waals surface area contributed by atoms with Gasteiger partial charge in [-0.1, -0.05) is 63.2 Å². The Morgan fingerprint density at radius 3 is 2.45 bits per heavy atom. The van der Waals surface area contributed by atoms with Gasteiger partial charge in [-0.3, -0.25) is 0 Å². The Balaban J connectivity index is 1.98. The highest BCUT2D eigenvalue weighted by Crippen LogP contribution is 2.41. The average Bonchev–Trinajstić information content (AvgIpc) is 2.46. The lowest BCUT2D eigenvalue weighted by molar-refractivity contribution is 0.205. The molecule has 1 unspecified atom stereocenters. The van der Waals surface area contributed by atoms with E-state index in [1.165, 1.54) is 11.1 Å². The maximum atomic E-state index is 6.31. The Kier molecular flexibility index (Phi) is 3.17. The predicted octanol–water partition coefficient (Wildman–Crippen LogP) is 4.53. The molecule has 2 aromatic carbocycles. The Morgan fingerprint density at radius 2 is 1.75 bits per heavy atom. The molecule has 1 N–H and O–H groups in total. The van der Waals surface area contributed by atoms with Crippen LogP contribution in [0.4, 0.5) is 5.69 Å². The highest BCUT2D eigenvalue weighted by atomic mass is 16.5. The number of hydrogen-bond acceptors (Lipinski definition) is 2. The molecule has 2 heteroatoms. The fraction of sp³-hybridized carbons (Fsp3) is 0.333. The smallest absolute Gasteiger partial charge is 0.147 e. The third-order valence-electron chi connectivity index (χ3n) is 3.73. The molecule has 0 radical (unpaired) electrons. The summed E-state index contributed by atoms with van der Waals surface area (Å²) in [7, 11) is 0. The number of ether oxygens (including phenoxy) is 1. The molecule has 20 heavy (non-hydrogen) atoms. The summed E-state index contributed by atoms with van der Waals surface area (Å²) in [6.45, 7) is 7.47. The molecule has 1 heterocycles. The molecule has 1 aliphatic rings. The second-order valence-electron chi connectivity index (χ2n) is 6.33. The third kappa shape index (κ3) is 2.38. The first kappa shape index (κ1) is 13.0. The van der Waals surface area contributed by atoms with Gasteiger partial charge in [-0.05, 0) is 17.0 Å². The number of anilines is 1. The van der Waals surface area contributed by atoms with Crippen molar-refractivity contribution in [2.24, 2.45) is 0 Å². The lowest BCUT2D eigenvalue weighted by atomic mass is 9.85. The minimum atomic E-state index is 0.0750. The monoisotopic (exact) mass is 267 g/mol. The van der Waals surface area contributed by atoms with Gasteiger partial charge < -0.3 is 10.1 Å². The summed E-state index contributed by atoms with van der Waals surface area (Å²) < 4.78 is 6.31. The Morgan fingerprint density at radius 1 is 1.00 bits per heavy atom. The number of hydrogen-bond donors (Lipinski definition) is 1. The van der Waals surface area contributed by atoms with Gasteiger partial charge in [-0.15, -0.1) is 0 Å². The Bertz CT molecular complexity index is 599. The van der Waals surface area contributed by atoms with Crippen LogP contribution in [0.15, 0.2) is 48.5 Å². The standard InChI is InChI=1S/C18H21NO/c1-18(2,3)14-10-7-11-15-17(14)20-16(12-19-15)13-8-5-4-6-9-13/h4-11,16,19H,12H2,1-3H3. The van der Waals surface area contributed by atoms with E-state index in [0.717, 1.165) is 18.0 Å². The van der Waals surface area contributed by atoms with Crippen LogP contribution in [0.1, 0.15) is 38.0 Å². The van der Waals surface area contributed by atoms with E-state index in [0.29, 0.717) is 0 Å². The molecule has 3 rings (SSSR count). The van der Waals surface area contributed by atoms with Crippen LogP contribution in [0.5, 0.6) is 5.75 Å². The Labute approximate surface area is 120 Å². The molecule has 1 atom stereocenters. The summed E-state index contributed by atoms with van der Waals surface area (Å²) in [6, 6.07) is 16.7. The van der Waals surface area contributed by atoms with Crippen molar-refractivity contribution in [1.29, 1.82) is 0 Å². The fourth-order valence-corrected chi connectivity index (χ4v) is 2.63. The zero-order chi connectivity index (χ0) is 14.2. The molecule has 0 aliphatic carbocycles. The van der Waals surface area contributed by atoms with Crippen LogP contribution < -0.4 is 10.1 Å². The van der Waals surface area contributed by atoms with E-state index in [1.807, 2.05) is 6.07 Å². The third-order valence-corrected chi connectivity index (χ3v) is 3.73. The van der Waals surface area contributed by atoms with Crippen molar-refractivity contribution in [2.45, 2.75) is 32.3 Å². The van der Waals surface area contributed by atoms with Gasteiger partial charge in [0.1, 0.15) is 11.9 Å². The second kappa shape index (κ2) is 4.86. The van der Waals surface area contributed by atoms with Crippen LogP contribution in [0, 0.1) is 0 Å². The van der Waals surface area contributed by atoms with E-state index in [1.54, 1.807) is 0 Å². The first-order valence-corrected chi connectivity index (χ1v) is 7.15. The predicted molar refractivity (Wildman–Crippen MR) is 83.4 cm³/mol. The maximum Gasteiger partial charge on any atom is 0.147 e. The molecule has 0 bridgehead atoms. The van der Waals surface area contributed by atoms with Gasteiger partial charge in [0.15, 0.2) is 0 Å². The molecule has 0 aromatic heterocycles. The summed E-state index contributed by atoms with van der Waals surface area (Å²) in [4.78, 5) is 0. The quantitative estimate of drug-likeness (QED) is 0.819. The van der Waals surface area contributed by atoms with Gasteiger partial charge in [0.25, 0.3) is 0 Å². The van der Waals surface area contributed by atoms with Crippen molar-refractivity contribution in [2.75, 3.05) is 11.9 Å². The van der Waals surface area contributed by atoms with E-state index in [2.05, 4.69) is 68.6 Å². The summed E-state index contributed by atoms with van der Waals surface area (Å²) in [5, 5.41) is 3.50. The normalized spacial score (nSPS) is 17.9. The fourth-order valence-electron chi connectivity index (χ4n) is 2.63. The lowest BCUT2D eigenvalue weighted by Crippen LogP contribution is -2.26. The average molecular weight is 267 g/mol. The molecule has 0 amide bonds. The number of benzene rings is 2.